The lowest BCUT2D eigenvalue weighted by molar-refractivity contribution is -0.132. The molecule has 0 atom stereocenters. The average Bonchev–Trinajstić information content (AvgIpc) is 3.43. The highest BCUT2D eigenvalue weighted by molar-refractivity contribution is 5.86. The number of carbonyl (C=O) groups is 2. The molecule has 8 heteroatoms. The summed E-state index contributed by atoms with van der Waals surface area (Å²) in [6.45, 7) is 1.26. The molecule has 1 fully saturated rings. The first-order valence-corrected chi connectivity index (χ1v) is 9.65. The minimum absolute atomic E-state index is 0.0783. The molecule has 1 aliphatic rings. The zero-order valence-electron chi connectivity index (χ0n) is 15.9. The molecule has 0 bridgehead atoms. The summed E-state index contributed by atoms with van der Waals surface area (Å²) in [5.74, 6) is 0.360. The summed E-state index contributed by atoms with van der Waals surface area (Å²) in [5.41, 5.74) is 1.15. The van der Waals surface area contributed by atoms with E-state index in [1.165, 1.54) is 6.20 Å². The number of hydrogen-bond donors (Lipinski definition) is 1. The van der Waals surface area contributed by atoms with Gasteiger partial charge in [0, 0.05) is 37.7 Å². The normalized spacial score (nSPS) is 14.8. The van der Waals surface area contributed by atoms with Crippen LogP contribution >= 0.6 is 0 Å². The van der Waals surface area contributed by atoms with Crippen LogP contribution in [0.4, 0.5) is 0 Å². The Bertz CT molecular complexity index is 987. The number of benzene rings is 1. The number of oxazole rings is 1. The number of carboxylic acid groups (broad SMARTS) is 1. The van der Waals surface area contributed by atoms with Gasteiger partial charge in [-0.25, -0.2) is 9.78 Å². The molecule has 0 radical (unpaired) electrons. The molecular formula is C21H22N4O4. The van der Waals surface area contributed by atoms with Gasteiger partial charge in [0.25, 0.3) is 0 Å². The van der Waals surface area contributed by atoms with Crippen LogP contribution in [0.5, 0.6) is 0 Å². The number of carbonyl (C=O) groups excluding carboxylic acids is 1. The maximum absolute atomic E-state index is 12.5. The number of rotatable bonds is 6. The number of hydrogen-bond acceptors (Lipinski definition) is 5. The van der Waals surface area contributed by atoms with Gasteiger partial charge in [0.1, 0.15) is 0 Å². The number of carboxylic acids is 1. The molecule has 3 aromatic rings. The van der Waals surface area contributed by atoms with Crippen molar-refractivity contribution in [2.75, 3.05) is 13.1 Å². The number of aromatic nitrogens is 3. The Morgan fingerprint density at radius 1 is 1.14 bits per heavy atom. The molecule has 0 spiro atoms. The van der Waals surface area contributed by atoms with E-state index in [9.17, 15) is 9.59 Å². The molecule has 2 aromatic heterocycles. The summed E-state index contributed by atoms with van der Waals surface area (Å²) >= 11 is 0. The molecule has 1 saturated heterocycles. The molecule has 150 valence electrons. The van der Waals surface area contributed by atoms with Crippen molar-refractivity contribution in [2.45, 2.75) is 31.7 Å². The van der Waals surface area contributed by atoms with Crippen LogP contribution in [0.25, 0.3) is 11.3 Å². The van der Waals surface area contributed by atoms with Gasteiger partial charge in [-0.1, -0.05) is 30.3 Å². The topological polar surface area (TPSA) is 101 Å². The van der Waals surface area contributed by atoms with Crippen LogP contribution in [-0.2, 0) is 11.2 Å². The average molecular weight is 394 g/mol. The predicted octanol–water partition coefficient (Wildman–Crippen LogP) is 3.03. The zero-order valence-corrected chi connectivity index (χ0v) is 15.9. The van der Waals surface area contributed by atoms with Crippen molar-refractivity contribution in [2.24, 2.45) is 0 Å². The number of likely N-dealkylation sites (tertiary alicyclic amines) is 1. The molecule has 4 rings (SSSR count). The summed E-state index contributed by atoms with van der Waals surface area (Å²) in [6, 6.07) is 9.86. The second-order valence-electron chi connectivity index (χ2n) is 7.11. The highest BCUT2D eigenvalue weighted by Gasteiger charge is 2.25. The van der Waals surface area contributed by atoms with E-state index in [0.717, 1.165) is 18.4 Å². The fraction of sp³-hybridized carbons (Fsp3) is 0.333. The number of piperidine rings is 1. The van der Waals surface area contributed by atoms with E-state index in [4.69, 9.17) is 9.52 Å². The van der Waals surface area contributed by atoms with Gasteiger partial charge in [-0.2, -0.15) is 5.10 Å². The minimum atomic E-state index is -0.981. The van der Waals surface area contributed by atoms with Gasteiger partial charge >= 0.3 is 5.97 Å². The summed E-state index contributed by atoms with van der Waals surface area (Å²) in [4.78, 5) is 29.7. The Hall–Kier alpha value is -3.42. The minimum Gasteiger partial charge on any atom is -0.478 e. The van der Waals surface area contributed by atoms with E-state index < -0.39 is 5.97 Å². The number of aromatic carboxylic acids is 1. The van der Waals surface area contributed by atoms with Crippen molar-refractivity contribution < 1.29 is 19.1 Å². The smallest absolute Gasteiger partial charge is 0.338 e. The fourth-order valence-corrected chi connectivity index (χ4v) is 3.56. The van der Waals surface area contributed by atoms with Gasteiger partial charge in [-0.15, -0.1) is 0 Å². The number of aryl methyl sites for hydroxylation is 1. The van der Waals surface area contributed by atoms with E-state index >= 15 is 0 Å². The van der Waals surface area contributed by atoms with E-state index in [1.807, 2.05) is 35.2 Å². The molecule has 0 saturated carbocycles. The summed E-state index contributed by atoms with van der Waals surface area (Å²) in [6.07, 6.45) is 6.93. The van der Waals surface area contributed by atoms with Crippen molar-refractivity contribution >= 4 is 11.9 Å². The largest absolute Gasteiger partial charge is 0.478 e. The second-order valence-corrected chi connectivity index (χ2v) is 7.11. The monoisotopic (exact) mass is 394 g/mol. The maximum atomic E-state index is 12.5. The lowest BCUT2D eigenvalue weighted by atomic mass is 10.0. The second kappa shape index (κ2) is 8.30. The molecule has 3 heterocycles. The Balaban J connectivity index is 1.27. The third-order valence-corrected chi connectivity index (χ3v) is 5.20. The van der Waals surface area contributed by atoms with Gasteiger partial charge in [0.15, 0.2) is 11.7 Å². The van der Waals surface area contributed by atoms with Gasteiger partial charge in [-0.05, 0) is 12.8 Å². The summed E-state index contributed by atoms with van der Waals surface area (Å²) in [7, 11) is 0. The Kier molecular flexibility index (Phi) is 5.41. The van der Waals surface area contributed by atoms with Crippen molar-refractivity contribution in [1.82, 2.24) is 19.7 Å². The lowest BCUT2D eigenvalue weighted by Crippen LogP contribution is -2.39. The third-order valence-electron chi connectivity index (χ3n) is 5.20. The third kappa shape index (κ3) is 4.37. The SMILES string of the molecule is O=C(O)c1cnn(C2CCN(C(=O)CCc3ncc(-c4ccccc4)o3)CC2)c1. The van der Waals surface area contributed by atoms with E-state index in [0.29, 0.717) is 37.6 Å². The number of amides is 1. The van der Waals surface area contributed by atoms with Crippen LogP contribution in [0.1, 0.15) is 41.6 Å². The molecule has 1 aliphatic heterocycles. The van der Waals surface area contributed by atoms with E-state index in [2.05, 4.69) is 10.1 Å². The Labute approximate surface area is 167 Å². The lowest BCUT2D eigenvalue weighted by Gasteiger charge is -2.32. The van der Waals surface area contributed by atoms with E-state index in [1.54, 1.807) is 17.1 Å². The predicted molar refractivity (Wildman–Crippen MR) is 104 cm³/mol. The van der Waals surface area contributed by atoms with Gasteiger partial charge in [0.2, 0.25) is 5.91 Å². The highest BCUT2D eigenvalue weighted by atomic mass is 16.4. The quantitative estimate of drug-likeness (QED) is 0.690. The van der Waals surface area contributed by atoms with Crippen LogP contribution in [0.3, 0.4) is 0 Å². The maximum Gasteiger partial charge on any atom is 0.338 e. The van der Waals surface area contributed by atoms with Crippen LogP contribution in [-0.4, -0.2) is 49.7 Å². The van der Waals surface area contributed by atoms with Crippen molar-refractivity contribution in [3.63, 3.8) is 0 Å². The standard InChI is InChI=1S/C21H22N4O4/c26-20(7-6-19-22-13-18(29-19)15-4-2-1-3-5-15)24-10-8-17(9-11-24)25-14-16(12-23-25)21(27)28/h1-5,12-14,17H,6-11H2,(H,27,28). The molecule has 1 amide bonds. The fourth-order valence-electron chi connectivity index (χ4n) is 3.56. The first-order valence-electron chi connectivity index (χ1n) is 9.65. The highest BCUT2D eigenvalue weighted by Crippen LogP contribution is 2.24. The molecule has 29 heavy (non-hydrogen) atoms. The Morgan fingerprint density at radius 3 is 2.59 bits per heavy atom. The first kappa shape index (κ1) is 18.9. The van der Waals surface area contributed by atoms with Gasteiger partial charge < -0.3 is 14.4 Å². The molecule has 0 unspecified atom stereocenters. The molecule has 8 nitrogen and oxygen atoms in total. The van der Waals surface area contributed by atoms with Crippen molar-refractivity contribution in [3.8, 4) is 11.3 Å². The molecular weight excluding hydrogens is 372 g/mol. The van der Waals surface area contributed by atoms with Crippen molar-refractivity contribution in [3.05, 3.63) is 60.4 Å². The molecule has 1 N–H and O–H groups in total. The zero-order chi connectivity index (χ0) is 20.2. The first-order chi connectivity index (χ1) is 14.1. The van der Waals surface area contributed by atoms with Crippen LogP contribution in [0.2, 0.25) is 0 Å². The van der Waals surface area contributed by atoms with E-state index in [-0.39, 0.29) is 17.5 Å². The van der Waals surface area contributed by atoms with Crippen LogP contribution < -0.4 is 0 Å². The van der Waals surface area contributed by atoms with Crippen LogP contribution in [0.15, 0.2) is 53.3 Å². The number of nitrogens with zero attached hydrogens (tertiary/aromatic N) is 4. The summed E-state index contributed by atoms with van der Waals surface area (Å²) in [5, 5.41) is 13.2. The van der Waals surface area contributed by atoms with Gasteiger partial charge in [-0.3, -0.25) is 9.48 Å². The molecule has 1 aromatic carbocycles. The molecule has 0 aliphatic carbocycles. The van der Waals surface area contributed by atoms with Crippen molar-refractivity contribution in [1.29, 1.82) is 0 Å². The van der Waals surface area contributed by atoms with Crippen LogP contribution in [0, 0.1) is 0 Å². The Morgan fingerprint density at radius 2 is 1.90 bits per heavy atom. The van der Waals surface area contributed by atoms with Gasteiger partial charge in [0.05, 0.1) is 24.0 Å². The summed E-state index contributed by atoms with van der Waals surface area (Å²) < 4.78 is 7.46.